The molecule has 0 saturated carbocycles. The highest BCUT2D eigenvalue weighted by molar-refractivity contribution is 4.93. The van der Waals surface area contributed by atoms with Crippen LogP contribution in [0.15, 0.2) is 17.9 Å². The Labute approximate surface area is 121 Å². The number of hydrogen-bond acceptors (Lipinski definition) is 1. The second kappa shape index (κ2) is 15.5. The molecule has 0 aromatic carbocycles. The maximum atomic E-state index is 5.48. The van der Waals surface area contributed by atoms with E-state index in [9.17, 15) is 0 Å². The number of nitrogens with two attached hydrogens (primary N) is 1. The molecule has 0 radical (unpaired) electrons. The molecule has 0 aliphatic carbocycles. The van der Waals surface area contributed by atoms with Gasteiger partial charge >= 0.3 is 0 Å². The van der Waals surface area contributed by atoms with Gasteiger partial charge in [-0.25, -0.2) is 0 Å². The number of unbranched alkanes of at least 4 members (excludes halogenated alkanes) is 11. The van der Waals surface area contributed by atoms with Gasteiger partial charge in [-0.2, -0.15) is 0 Å². The monoisotopic (exact) mass is 265 g/mol. The van der Waals surface area contributed by atoms with Crippen molar-refractivity contribution in [2.24, 2.45) is 5.73 Å². The summed E-state index contributed by atoms with van der Waals surface area (Å²) in [6, 6.07) is 0. The zero-order valence-corrected chi connectivity index (χ0v) is 13.2. The van der Waals surface area contributed by atoms with E-state index in [1.165, 1.54) is 89.0 Å². The molecule has 0 rings (SSSR count). The second-order valence-corrected chi connectivity index (χ2v) is 5.74. The minimum atomic E-state index is 0.863. The van der Waals surface area contributed by atoms with Crippen LogP contribution in [-0.2, 0) is 0 Å². The molecule has 0 saturated heterocycles. The van der Waals surface area contributed by atoms with Crippen LogP contribution in [0.25, 0.3) is 0 Å². The topological polar surface area (TPSA) is 26.0 Å². The second-order valence-electron chi connectivity index (χ2n) is 5.74. The van der Waals surface area contributed by atoms with E-state index < -0.39 is 0 Å². The highest BCUT2D eigenvalue weighted by Gasteiger charge is 1.94. The average Bonchev–Trinajstić information content (AvgIpc) is 2.43. The molecule has 1 heteroatoms. The number of rotatable bonds is 14. The van der Waals surface area contributed by atoms with Crippen molar-refractivity contribution in [2.75, 3.05) is 6.54 Å². The Morgan fingerprint density at radius 2 is 1.11 bits per heavy atom. The van der Waals surface area contributed by atoms with Crippen LogP contribution in [0.1, 0.15) is 90.4 Å². The molecule has 0 unspecified atom stereocenters. The van der Waals surface area contributed by atoms with Gasteiger partial charge in [-0.3, -0.25) is 0 Å². The SMILES string of the molecule is C=C=C(C)CCCCCCCCCCCCCCN. The lowest BCUT2D eigenvalue weighted by Crippen LogP contribution is -1.97. The third-order valence-corrected chi connectivity index (χ3v) is 3.81. The Bertz CT molecular complexity index is 226. The minimum Gasteiger partial charge on any atom is -0.330 e. The normalized spacial score (nSPS) is 10.4. The third kappa shape index (κ3) is 15.4. The lowest BCUT2D eigenvalue weighted by molar-refractivity contribution is 0.541. The standard InChI is InChI=1S/C18H35N/c1-3-18(2)16-14-12-10-8-6-4-5-7-9-11-13-15-17-19/h1,4-17,19H2,2H3. The van der Waals surface area contributed by atoms with Crippen molar-refractivity contribution in [3.8, 4) is 0 Å². The molecular weight excluding hydrogens is 230 g/mol. The molecule has 0 aromatic rings. The van der Waals surface area contributed by atoms with Gasteiger partial charge < -0.3 is 5.73 Å². The van der Waals surface area contributed by atoms with Crippen molar-refractivity contribution < 1.29 is 0 Å². The van der Waals surface area contributed by atoms with Gasteiger partial charge in [-0.1, -0.05) is 70.8 Å². The van der Waals surface area contributed by atoms with E-state index in [4.69, 9.17) is 5.73 Å². The Balaban J connectivity index is 3.01. The summed E-state index contributed by atoms with van der Waals surface area (Å²) in [6.45, 7) is 6.66. The molecule has 0 amide bonds. The maximum absolute atomic E-state index is 5.48. The Morgan fingerprint density at radius 3 is 1.47 bits per heavy atom. The van der Waals surface area contributed by atoms with Crippen LogP contribution in [0.3, 0.4) is 0 Å². The molecule has 0 aliphatic rings. The van der Waals surface area contributed by atoms with Gasteiger partial charge in [-0.15, -0.1) is 5.73 Å². The molecule has 0 spiro atoms. The van der Waals surface area contributed by atoms with E-state index in [0.29, 0.717) is 0 Å². The van der Waals surface area contributed by atoms with Crippen LogP contribution < -0.4 is 5.73 Å². The van der Waals surface area contributed by atoms with Crippen molar-refractivity contribution >= 4 is 0 Å². The smallest absolute Gasteiger partial charge is 0.00773 e. The number of hydrogen-bond donors (Lipinski definition) is 1. The van der Waals surface area contributed by atoms with Crippen molar-refractivity contribution in [3.63, 3.8) is 0 Å². The largest absolute Gasteiger partial charge is 0.330 e. The molecule has 1 nitrogen and oxygen atoms in total. The highest BCUT2D eigenvalue weighted by Crippen LogP contribution is 2.13. The quantitative estimate of drug-likeness (QED) is 0.314. The molecule has 19 heavy (non-hydrogen) atoms. The fraction of sp³-hybridized carbons (Fsp3) is 0.833. The van der Waals surface area contributed by atoms with Crippen LogP contribution in [0.2, 0.25) is 0 Å². The van der Waals surface area contributed by atoms with Crippen LogP contribution in [-0.4, -0.2) is 6.54 Å². The zero-order valence-electron chi connectivity index (χ0n) is 13.2. The summed E-state index contributed by atoms with van der Waals surface area (Å²) in [4.78, 5) is 0. The Morgan fingerprint density at radius 1 is 0.737 bits per heavy atom. The maximum Gasteiger partial charge on any atom is -0.00773 e. The first-order valence-corrected chi connectivity index (χ1v) is 8.37. The van der Waals surface area contributed by atoms with Gasteiger partial charge in [-0.05, 0) is 38.3 Å². The van der Waals surface area contributed by atoms with Crippen molar-refractivity contribution in [1.82, 2.24) is 0 Å². The predicted molar refractivity (Wildman–Crippen MR) is 87.4 cm³/mol. The summed E-state index contributed by atoms with van der Waals surface area (Å²) < 4.78 is 0. The van der Waals surface area contributed by atoms with Crippen molar-refractivity contribution in [2.45, 2.75) is 90.4 Å². The molecule has 2 N–H and O–H groups in total. The molecule has 0 aromatic heterocycles. The average molecular weight is 265 g/mol. The summed E-state index contributed by atoms with van der Waals surface area (Å²) in [5, 5.41) is 0. The Kier molecular flexibility index (Phi) is 15.1. The first kappa shape index (κ1) is 18.5. The van der Waals surface area contributed by atoms with E-state index >= 15 is 0 Å². The molecule has 0 bridgehead atoms. The molecule has 0 heterocycles. The molecular formula is C18H35N. The van der Waals surface area contributed by atoms with E-state index in [2.05, 4.69) is 19.2 Å². The van der Waals surface area contributed by atoms with Crippen LogP contribution in [0.4, 0.5) is 0 Å². The van der Waals surface area contributed by atoms with Crippen molar-refractivity contribution in [1.29, 1.82) is 0 Å². The van der Waals surface area contributed by atoms with Gasteiger partial charge in [0.1, 0.15) is 0 Å². The van der Waals surface area contributed by atoms with Crippen molar-refractivity contribution in [3.05, 3.63) is 17.9 Å². The van der Waals surface area contributed by atoms with Gasteiger partial charge in [0, 0.05) is 0 Å². The summed E-state index contributed by atoms with van der Waals surface area (Å²) >= 11 is 0. The number of allylic oxidation sites excluding steroid dienone is 1. The van der Waals surface area contributed by atoms with Crippen LogP contribution in [0.5, 0.6) is 0 Å². The lowest BCUT2D eigenvalue weighted by Gasteiger charge is -2.03. The first-order chi connectivity index (χ1) is 9.31. The van der Waals surface area contributed by atoms with Crippen LogP contribution >= 0.6 is 0 Å². The predicted octanol–water partition coefficient (Wildman–Crippen LogP) is 5.75. The summed E-state index contributed by atoms with van der Waals surface area (Å²) in [5.41, 5.74) is 9.76. The van der Waals surface area contributed by atoms with E-state index in [-0.39, 0.29) is 0 Å². The highest BCUT2D eigenvalue weighted by atomic mass is 14.5. The van der Waals surface area contributed by atoms with E-state index in [1.54, 1.807) is 0 Å². The van der Waals surface area contributed by atoms with Gasteiger partial charge in [0.05, 0.1) is 0 Å². The fourth-order valence-corrected chi connectivity index (χ4v) is 2.39. The zero-order chi connectivity index (χ0) is 14.2. The molecule has 0 atom stereocenters. The Hall–Kier alpha value is -0.520. The lowest BCUT2D eigenvalue weighted by atomic mass is 10.0. The van der Waals surface area contributed by atoms with Gasteiger partial charge in [0.2, 0.25) is 0 Å². The van der Waals surface area contributed by atoms with E-state index in [1.807, 2.05) is 0 Å². The third-order valence-electron chi connectivity index (χ3n) is 3.81. The van der Waals surface area contributed by atoms with Crippen LogP contribution in [0, 0.1) is 0 Å². The molecule has 0 aliphatic heterocycles. The molecule has 0 fully saturated rings. The summed E-state index contributed by atoms with van der Waals surface area (Å²) in [6.07, 6.45) is 17.7. The van der Waals surface area contributed by atoms with Gasteiger partial charge in [0.25, 0.3) is 0 Å². The van der Waals surface area contributed by atoms with Gasteiger partial charge in [0.15, 0.2) is 0 Å². The minimum absolute atomic E-state index is 0.863. The fourth-order valence-electron chi connectivity index (χ4n) is 2.39. The molecule has 112 valence electrons. The first-order valence-electron chi connectivity index (χ1n) is 8.37. The summed E-state index contributed by atoms with van der Waals surface area (Å²) in [5.74, 6) is 0. The summed E-state index contributed by atoms with van der Waals surface area (Å²) in [7, 11) is 0. The van der Waals surface area contributed by atoms with E-state index in [0.717, 1.165) is 6.54 Å².